The van der Waals surface area contributed by atoms with Crippen LogP contribution >= 0.6 is 0 Å². The molecule has 1 aliphatic rings. The summed E-state index contributed by atoms with van der Waals surface area (Å²) in [5.74, 6) is 1.90. The Kier molecular flexibility index (Phi) is 5.16. The lowest BCUT2D eigenvalue weighted by Crippen LogP contribution is -2.27. The molecule has 0 bridgehead atoms. The molecule has 164 valence electrons. The summed E-state index contributed by atoms with van der Waals surface area (Å²) in [6, 6.07) is 6.45. The van der Waals surface area contributed by atoms with Crippen molar-refractivity contribution in [2.45, 2.75) is 51.6 Å². The molecule has 0 atom stereocenters. The fourth-order valence-corrected chi connectivity index (χ4v) is 4.90. The summed E-state index contributed by atoms with van der Waals surface area (Å²) >= 11 is 0. The minimum atomic E-state index is -1.21. The first-order valence-electron chi connectivity index (χ1n) is 11.0. The third-order valence-electron chi connectivity index (χ3n) is 6.69. The Morgan fingerprint density at radius 2 is 2.00 bits per heavy atom. The second kappa shape index (κ2) is 8.01. The smallest absolute Gasteiger partial charge is 0.181 e. The molecule has 0 spiro atoms. The molecule has 0 N–H and O–H groups in total. The van der Waals surface area contributed by atoms with E-state index >= 15 is 0 Å². The zero-order chi connectivity index (χ0) is 22.3. The molecule has 1 aromatic carbocycles. The number of hydrogen-bond donors (Lipinski definition) is 0. The number of oxazole rings is 1. The van der Waals surface area contributed by atoms with Gasteiger partial charge in [0.05, 0.1) is 17.4 Å². The maximum absolute atomic E-state index is 14.6. The van der Waals surface area contributed by atoms with Gasteiger partial charge in [0.1, 0.15) is 11.4 Å². The van der Waals surface area contributed by atoms with Crippen LogP contribution in [0, 0.1) is 19.8 Å². The average Bonchev–Trinajstić information content (AvgIpc) is 3.44. The van der Waals surface area contributed by atoms with Crippen molar-refractivity contribution in [1.82, 2.24) is 15.1 Å². The van der Waals surface area contributed by atoms with Crippen LogP contribution < -0.4 is 0 Å². The van der Waals surface area contributed by atoms with Crippen molar-refractivity contribution in [3.05, 3.63) is 66.7 Å². The minimum Gasteiger partial charge on any atom is -0.443 e. The maximum atomic E-state index is 14.6. The van der Waals surface area contributed by atoms with Gasteiger partial charge in [0.15, 0.2) is 12.2 Å². The topological polar surface area (TPSA) is 65.0 Å². The van der Waals surface area contributed by atoms with Crippen LogP contribution in [0.1, 0.15) is 42.7 Å². The van der Waals surface area contributed by atoms with Crippen molar-refractivity contribution in [1.29, 1.82) is 0 Å². The Balaban J connectivity index is 1.55. The lowest BCUT2D eigenvalue weighted by molar-refractivity contribution is 0.133. The van der Waals surface area contributed by atoms with Crippen LogP contribution in [0.5, 0.6) is 0 Å². The number of rotatable bonds is 5. The van der Waals surface area contributed by atoms with Gasteiger partial charge in [0, 0.05) is 28.3 Å². The van der Waals surface area contributed by atoms with E-state index in [4.69, 9.17) is 13.9 Å². The summed E-state index contributed by atoms with van der Waals surface area (Å²) in [6.45, 7) is 7.52. The normalized spacial score (nSPS) is 21.2. The van der Waals surface area contributed by atoms with Crippen molar-refractivity contribution in [3.8, 4) is 22.5 Å². The number of fused-ring (bicyclic) bond motifs is 1. The highest BCUT2D eigenvalue weighted by Gasteiger charge is 2.32. The van der Waals surface area contributed by atoms with Crippen LogP contribution in [0.3, 0.4) is 0 Å². The number of nitrogens with zero attached hydrogens (tertiary/aromatic N) is 3. The molecule has 0 radical (unpaired) electrons. The zero-order valence-corrected chi connectivity index (χ0v) is 18.4. The Labute approximate surface area is 186 Å². The molecule has 0 aliphatic heterocycles. The summed E-state index contributed by atoms with van der Waals surface area (Å²) in [6.07, 6.45) is 10.2. The number of hydrogen-bond acceptors (Lipinski definition) is 5. The van der Waals surface area contributed by atoms with Gasteiger partial charge in [-0.3, -0.25) is 4.98 Å². The molecule has 1 fully saturated rings. The average molecular weight is 432 g/mol. The second-order valence-electron chi connectivity index (χ2n) is 8.89. The van der Waals surface area contributed by atoms with E-state index in [-0.39, 0.29) is 0 Å². The van der Waals surface area contributed by atoms with Crippen LogP contribution in [0.4, 0.5) is 4.39 Å². The van der Waals surface area contributed by atoms with E-state index in [9.17, 15) is 4.39 Å². The van der Waals surface area contributed by atoms with Crippen molar-refractivity contribution < 1.29 is 13.3 Å². The fourth-order valence-electron chi connectivity index (χ4n) is 4.90. The SMILES string of the molecule is C=CC1(F)CCC(Cc2cc(-c3cnco3)c3ncc(-c4c(C)noc4C)cc3c2)CC1. The molecule has 1 saturated carbocycles. The van der Waals surface area contributed by atoms with Gasteiger partial charge in [-0.05, 0) is 75.6 Å². The molecule has 3 heterocycles. The van der Waals surface area contributed by atoms with Crippen LogP contribution in [0.2, 0.25) is 0 Å². The summed E-state index contributed by atoms with van der Waals surface area (Å²) in [7, 11) is 0. The van der Waals surface area contributed by atoms with Crippen LogP contribution in [0.25, 0.3) is 33.4 Å². The standard InChI is InChI=1S/C26H26FN3O2/c1-4-26(27)7-5-18(6-8-26)9-19-10-20-12-21(24-16(2)30-32-17(24)3)13-29-25(20)22(11-19)23-14-28-15-31-23/h4,10-15,18H,1,5-9H2,2-3H3. The molecule has 4 aromatic rings. The van der Waals surface area contributed by atoms with Crippen LogP contribution in [-0.4, -0.2) is 20.8 Å². The number of alkyl halides is 1. The highest BCUT2D eigenvalue weighted by molar-refractivity contribution is 5.95. The van der Waals surface area contributed by atoms with Crippen molar-refractivity contribution >= 4 is 10.9 Å². The first-order valence-corrected chi connectivity index (χ1v) is 11.0. The van der Waals surface area contributed by atoms with Crippen molar-refractivity contribution in [2.75, 3.05) is 0 Å². The molecule has 0 unspecified atom stereocenters. The molecule has 6 heteroatoms. The summed E-state index contributed by atoms with van der Waals surface area (Å²) in [5.41, 5.74) is 4.55. The number of pyridine rings is 1. The lowest BCUT2D eigenvalue weighted by Gasteiger charge is -2.31. The zero-order valence-electron chi connectivity index (χ0n) is 18.4. The van der Waals surface area contributed by atoms with E-state index in [2.05, 4.69) is 34.9 Å². The van der Waals surface area contributed by atoms with E-state index in [1.54, 1.807) is 6.20 Å². The maximum Gasteiger partial charge on any atom is 0.181 e. The number of benzene rings is 1. The molecule has 3 aromatic heterocycles. The van der Waals surface area contributed by atoms with E-state index < -0.39 is 5.67 Å². The molecule has 5 nitrogen and oxygen atoms in total. The fraction of sp³-hybridized carbons (Fsp3) is 0.346. The first-order chi connectivity index (χ1) is 15.5. The van der Waals surface area contributed by atoms with Gasteiger partial charge in [0.25, 0.3) is 0 Å². The van der Waals surface area contributed by atoms with Gasteiger partial charge in [-0.1, -0.05) is 17.8 Å². The molecule has 1 aliphatic carbocycles. The molecule has 5 rings (SSSR count). The van der Waals surface area contributed by atoms with Gasteiger partial charge in [-0.15, -0.1) is 0 Å². The Bertz CT molecular complexity index is 1250. The summed E-state index contributed by atoms with van der Waals surface area (Å²) in [5, 5.41) is 5.10. The highest BCUT2D eigenvalue weighted by atomic mass is 19.1. The summed E-state index contributed by atoms with van der Waals surface area (Å²) in [4.78, 5) is 8.87. The Morgan fingerprint density at radius 3 is 2.66 bits per heavy atom. The third kappa shape index (κ3) is 3.74. The van der Waals surface area contributed by atoms with Gasteiger partial charge >= 0.3 is 0 Å². The van der Waals surface area contributed by atoms with E-state index in [0.717, 1.165) is 58.3 Å². The quantitative estimate of drug-likeness (QED) is 0.326. The van der Waals surface area contributed by atoms with Gasteiger partial charge < -0.3 is 8.94 Å². The Morgan fingerprint density at radius 1 is 1.19 bits per heavy atom. The molecule has 0 amide bonds. The minimum absolute atomic E-state index is 0.442. The summed E-state index contributed by atoms with van der Waals surface area (Å²) < 4.78 is 25.5. The van der Waals surface area contributed by atoms with Crippen LogP contribution in [0.15, 0.2) is 58.6 Å². The van der Waals surface area contributed by atoms with Gasteiger partial charge in [0.2, 0.25) is 0 Å². The predicted octanol–water partition coefficient (Wildman–Crippen LogP) is 6.79. The van der Waals surface area contributed by atoms with Gasteiger partial charge in [-0.2, -0.15) is 0 Å². The third-order valence-corrected chi connectivity index (χ3v) is 6.69. The van der Waals surface area contributed by atoms with E-state index in [1.165, 1.54) is 18.0 Å². The number of allylic oxidation sites excluding steroid dienone is 1. The van der Waals surface area contributed by atoms with E-state index in [0.29, 0.717) is 24.5 Å². The predicted molar refractivity (Wildman–Crippen MR) is 122 cm³/mol. The molecular weight excluding hydrogens is 405 g/mol. The van der Waals surface area contributed by atoms with Crippen molar-refractivity contribution in [2.24, 2.45) is 5.92 Å². The lowest BCUT2D eigenvalue weighted by atomic mass is 9.77. The molecule has 0 saturated heterocycles. The number of aromatic nitrogens is 3. The number of aryl methyl sites for hydroxylation is 2. The van der Waals surface area contributed by atoms with Crippen LogP contribution in [-0.2, 0) is 6.42 Å². The number of halogens is 1. The second-order valence-corrected chi connectivity index (χ2v) is 8.89. The monoisotopic (exact) mass is 431 g/mol. The largest absolute Gasteiger partial charge is 0.443 e. The Hall–Kier alpha value is -3.28. The van der Waals surface area contributed by atoms with Crippen molar-refractivity contribution in [3.63, 3.8) is 0 Å². The molecular formula is C26H26FN3O2. The molecule has 32 heavy (non-hydrogen) atoms. The van der Waals surface area contributed by atoms with Gasteiger partial charge in [-0.25, -0.2) is 9.37 Å². The highest BCUT2D eigenvalue weighted by Crippen LogP contribution is 2.39. The first kappa shape index (κ1) is 20.6. The van der Waals surface area contributed by atoms with E-state index in [1.807, 2.05) is 20.0 Å².